The number of aliphatic hydroxyl groups excluding tert-OH is 2. The van der Waals surface area contributed by atoms with Crippen LogP contribution in [0.3, 0.4) is 0 Å². The van der Waals surface area contributed by atoms with Crippen LogP contribution in [0.4, 0.5) is 0 Å². The summed E-state index contributed by atoms with van der Waals surface area (Å²) in [6.45, 7) is 0.967. The van der Waals surface area contributed by atoms with Gasteiger partial charge in [-0.3, -0.25) is 0 Å². The van der Waals surface area contributed by atoms with Crippen molar-refractivity contribution in [2.45, 2.75) is 18.1 Å². The van der Waals surface area contributed by atoms with Crippen LogP contribution >= 0.6 is 0 Å². The number of aliphatic hydroxyl groups is 2. The van der Waals surface area contributed by atoms with Gasteiger partial charge in [0.25, 0.3) is 0 Å². The fraction of sp³-hybridized carbons (Fsp3) is 0.538. The molecule has 1 aliphatic rings. The van der Waals surface area contributed by atoms with Crippen LogP contribution < -0.4 is 0 Å². The summed E-state index contributed by atoms with van der Waals surface area (Å²) in [5.74, 6) is -0.276. The second kappa shape index (κ2) is 4.64. The van der Waals surface area contributed by atoms with Crippen molar-refractivity contribution in [3.05, 3.63) is 35.9 Å². The van der Waals surface area contributed by atoms with Gasteiger partial charge in [-0.05, 0) is 5.56 Å². The molecule has 0 aromatic heterocycles. The Morgan fingerprint density at radius 2 is 1.72 bits per heavy atom. The third-order valence-corrected chi connectivity index (χ3v) is 6.24. The van der Waals surface area contributed by atoms with E-state index in [0.717, 1.165) is 5.56 Å². The Labute approximate surface area is 107 Å². The molecule has 1 fully saturated rings. The lowest BCUT2D eigenvalue weighted by atomic mass is 10.0. The Bertz CT molecular complexity index is 505. The molecular weight excluding hydrogens is 252 g/mol. The quantitative estimate of drug-likeness (QED) is 0.820. The monoisotopic (exact) mass is 270 g/mol. The molecule has 2 atom stereocenters. The Balaban J connectivity index is 2.42. The molecular formula is C13H18O4S. The molecule has 0 amide bonds. The van der Waals surface area contributed by atoms with Gasteiger partial charge in [-0.1, -0.05) is 37.3 Å². The highest BCUT2D eigenvalue weighted by Crippen LogP contribution is 2.62. The van der Waals surface area contributed by atoms with Gasteiger partial charge in [0.15, 0.2) is 9.84 Å². The van der Waals surface area contributed by atoms with Crippen LogP contribution in [0.2, 0.25) is 0 Å². The molecule has 4 nitrogen and oxygen atoms in total. The molecule has 0 saturated heterocycles. The van der Waals surface area contributed by atoms with Gasteiger partial charge in [0, 0.05) is 17.1 Å². The third kappa shape index (κ3) is 1.86. The molecule has 5 heteroatoms. The minimum atomic E-state index is -3.27. The lowest BCUT2D eigenvalue weighted by Gasteiger charge is -2.10. The smallest absolute Gasteiger partial charge is 0.154 e. The molecule has 1 saturated carbocycles. The average molecular weight is 270 g/mol. The first-order chi connectivity index (χ1) is 8.53. The fourth-order valence-electron chi connectivity index (χ4n) is 2.79. The van der Waals surface area contributed by atoms with Gasteiger partial charge < -0.3 is 10.2 Å². The predicted molar refractivity (Wildman–Crippen MR) is 69.0 cm³/mol. The first kappa shape index (κ1) is 13.5. The summed E-state index contributed by atoms with van der Waals surface area (Å²) in [6, 6.07) is 9.21. The van der Waals surface area contributed by atoms with Gasteiger partial charge in [0.1, 0.15) is 0 Å². The van der Waals surface area contributed by atoms with Crippen LogP contribution in [0.25, 0.3) is 0 Å². The van der Waals surface area contributed by atoms with Crippen molar-refractivity contribution in [1.82, 2.24) is 0 Å². The van der Waals surface area contributed by atoms with Crippen molar-refractivity contribution >= 4 is 9.84 Å². The molecule has 2 N–H and O–H groups in total. The lowest BCUT2D eigenvalue weighted by molar-refractivity contribution is 0.130. The van der Waals surface area contributed by atoms with Gasteiger partial charge in [-0.25, -0.2) is 8.42 Å². The highest BCUT2D eigenvalue weighted by Gasteiger charge is 2.69. The number of benzene rings is 1. The Morgan fingerprint density at radius 1 is 1.17 bits per heavy atom. The SMILES string of the molecule is CCS(=O)(=O)[C@H]1[C@H](c2ccccc2)C1(CO)CO. The maximum atomic E-state index is 12.1. The highest BCUT2D eigenvalue weighted by atomic mass is 32.2. The molecule has 1 aromatic rings. The summed E-state index contributed by atoms with van der Waals surface area (Å²) in [5, 5.41) is 18.3. The zero-order chi connectivity index (χ0) is 13.4. The molecule has 18 heavy (non-hydrogen) atoms. The summed E-state index contributed by atoms with van der Waals surface area (Å²) in [5.41, 5.74) is -0.0569. The summed E-state index contributed by atoms with van der Waals surface area (Å²) >= 11 is 0. The predicted octanol–water partition coefficient (Wildman–Crippen LogP) is 0.558. The average Bonchev–Trinajstić information content (AvgIpc) is 3.10. The van der Waals surface area contributed by atoms with E-state index in [1.165, 1.54) is 0 Å². The van der Waals surface area contributed by atoms with E-state index in [1.807, 2.05) is 30.3 Å². The van der Waals surface area contributed by atoms with E-state index in [-0.39, 0.29) is 24.9 Å². The summed E-state index contributed by atoms with van der Waals surface area (Å²) in [4.78, 5) is 0. The van der Waals surface area contributed by atoms with E-state index in [9.17, 15) is 18.6 Å². The molecule has 2 rings (SSSR count). The number of rotatable bonds is 5. The van der Waals surface area contributed by atoms with E-state index in [2.05, 4.69) is 0 Å². The number of hydrogen-bond donors (Lipinski definition) is 2. The van der Waals surface area contributed by atoms with Gasteiger partial charge in [0.05, 0.1) is 18.5 Å². The van der Waals surface area contributed by atoms with Crippen molar-refractivity contribution in [2.24, 2.45) is 5.41 Å². The van der Waals surface area contributed by atoms with Crippen molar-refractivity contribution in [2.75, 3.05) is 19.0 Å². The topological polar surface area (TPSA) is 74.6 Å². The van der Waals surface area contributed by atoms with E-state index in [4.69, 9.17) is 0 Å². The first-order valence-corrected chi connectivity index (χ1v) is 7.73. The van der Waals surface area contributed by atoms with Crippen LogP contribution in [0.5, 0.6) is 0 Å². The van der Waals surface area contributed by atoms with Crippen LogP contribution in [-0.2, 0) is 9.84 Å². The number of hydrogen-bond acceptors (Lipinski definition) is 4. The van der Waals surface area contributed by atoms with Crippen LogP contribution in [0.1, 0.15) is 18.4 Å². The van der Waals surface area contributed by atoms with Crippen LogP contribution in [-0.4, -0.2) is 42.8 Å². The molecule has 1 aliphatic carbocycles. The lowest BCUT2D eigenvalue weighted by Crippen LogP contribution is -2.23. The van der Waals surface area contributed by atoms with E-state index >= 15 is 0 Å². The van der Waals surface area contributed by atoms with Crippen molar-refractivity contribution in [1.29, 1.82) is 0 Å². The van der Waals surface area contributed by atoms with Gasteiger partial charge in [-0.2, -0.15) is 0 Å². The van der Waals surface area contributed by atoms with Crippen molar-refractivity contribution in [3.8, 4) is 0 Å². The molecule has 0 heterocycles. The second-order valence-corrected chi connectivity index (χ2v) is 7.22. The Hall–Kier alpha value is -0.910. The maximum Gasteiger partial charge on any atom is 0.154 e. The van der Waals surface area contributed by atoms with E-state index in [1.54, 1.807) is 6.92 Å². The van der Waals surface area contributed by atoms with Crippen LogP contribution in [0.15, 0.2) is 30.3 Å². The van der Waals surface area contributed by atoms with E-state index < -0.39 is 20.5 Å². The summed E-state index contributed by atoms with van der Waals surface area (Å²) in [6.07, 6.45) is 0. The highest BCUT2D eigenvalue weighted by molar-refractivity contribution is 7.92. The molecule has 0 radical (unpaired) electrons. The Morgan fingerprint density at radius 3 is 2.17 bits per heavy atom. The standard InChI is InChI=1S/C13H18O4S/c1-2-18(16,17)12-11(13(12,8-14)9-15)10-6-4-3-5-7-10/h3-7,11-12,14-15H,2,8-9H2,1H3/t11-,12-/m0/s1. The first-order valence-electron chi connectivity index (χ1n) is 6.01. The second-order valence-electron chi connectivity index (χ2n) is 4.81. The van der Waals surface area contributed by atoms with Crippen LogP contribution in [0, 0.1) is 5.41 Å². The van der Waals surface area contributed by atoms with Gasteiger partial charge >= 0.3 is 0 Å². The zero-order valence-electron chi connectivity index (χ0n) is 10.3. The van der Waals surface area contributed by atoms with Gasteiger partial charge in [0.2, 0.25) is 0 Å². The normalized spacial score (nSPS) is 25.9. The van der Waals surface area contributed by atoms with Gasteiger partial charge in [-0.15, -0.1) is 0 Å². The zero-order valence-corrected chi connectivity index (χ0v) is 11.1. The molecule has 0 aliphatic heterocycles. The molecule has 100 valence electrons. The van der Waals surface area contributed by atoms with Crippen molar-refractivity contribution in [3.63, 3.8) is 0 Å². The minimum Gasteiger partial charge on any atom is -0.396 e. The summed E-state index contributed by atoms with van der Waals surface area (Å²) in [7, 11) is -3.27. The van der Waals surface area contributed by atoms with E-state index in [0.29, 0.717) is 0 Å². The molecule has 0 unspecified atom stereocenters. The fourth-order valence-corrected chi connectivity index (χ4v) is 4.93. The maximum absolute atomic E-state index is 12.1. The Kier molecular flexibility index (Phi) is 3.49. The molecule has 0 spiro atoms. The molecule has 1 aromatic carbocycles. The minimum absolute atomic E-state index is 0.0305. The third-order valence-electron chi connectivity index (χ3n) is 3.92. The van der Waals surface area contributed by atoms with Crippen molar-refractivity contribution < 1.29 is 18.6 Å². The summed E-state index contributed by atoms with van der Waals surface area (Å²) < 4.78 is 24.1. The molecule has 0 bridgehead atoms. The largest absolute Gasteiger partial charge is 0.396 e. The number of sulfone groups is 1.